The number of carbonyl (C=O) groups is 3. The van der Waals surface area contributed by atoms with Gasteiger partial charge in [0.15, 0.2) is 12.2 Å². The van der Waals surface area contributed by atoms with Crippen LogP contribution in [0, 0.1) is 0 Å². The first-order valence-electron chi connectivity index (χ1n) is 10.2. The zero-order chi connectivity index (χ0) is 23.1. The van der Waals surface area contributed by atoms with Crippen LogP contribution in [0.15, 0.2) is 54.6 Å². The maximum absolute atomic E-state index is 11.7. The lowest BCUT2D eigenvalue weighted by Crippen LogP contribution is -2.59. The number of ether oxygens (including phenoxy) is 5. The van der Waals surface area contributed by atoms with Gasteiger partial charge in [0.05, 0.1) is 6.61 Å². The SMILES string of the molecule is CC(=O)O[C@@H]1[C@@H](OC(C)=O)[C@H](Oc2cccc(Cc3ccccc3)c2)OC[C@H]1OC(C)=O. The van der Waals surface area contributed by atoms with Gasteiger partial charge in [-0.15, -0.1) is 0 Å². The maximum Gasteiger partial charge on any atom is 0.303 e. The lowest BCUT2D eigenvalue weighted by Gasteiger charge is -2.40. The Hall–Kier alpha value is -3.39. The molecule has 1 fully saturated rings. The highest BCUT2D eigenvalue weighted by atomic mass is 16.7. The Kier molecular flexibility index (Phi) is 7.83. The van der Waals surface area contributed by atoms with E-state index in [1.807, 2.05) is 48.5 Å². The number of esters is 3. The lowest BCUT2D eigenvalue weighted by atomic mass is 10.0. The predicted molar refractivity (Wildman–Crippen MR) is 113 cm³/mol. The van der Waals surface area contributed by atoms with Crippen molar-refractivity contribution in [3.8, 4) is 5.75 Å². The summed E-state index contributed by atoms with van der Waals surface area (Å²) >= 11 is 0. The molecule has 8 heteroatoms. The van der Waals surface area contributed by atoms with Crippen LogP contribution in [-0.4, -0.2) is 49.1 Å². The zero-order valence-corrected chi connectivity index (χ0v) is 18.2. The highest BCUT2D eigenvalue weighted by Gasteiger charge is 2.48. The average Bonchev–Trinajstić information content (AvgIpc) is 2.72. The molecular formula is C24H26O8. The quantitative estimate of drug-likeness (QED) is 0.477. The summed E-state index contributed by atoms with van der Waals surface area (Å²) in [5.41, 5.74) is 2.17. The van der Waals surface area contributed by atoms with Gasteiger partial charge in [0.2, 0.25) is 12.4 Å². The van der Waals surface area contributed by atoms with Crippen LogP contribution in [0.3, 0.4) is 0 Å². The Balaban J connectivity index is 1.80. The van der Waals surface area contributed by atoms with Crippen LogP contribution in [0.25, 0.3) is 0 Å². The van der Waals surface area contributed by atoms with E-state index in [1.54, 1.807) is 6.07 Å². The molecule has 1 aliphatic heterocycles. The maximum atomic E-state index is 11.7. The van der Waals surface area contributed by atoms with Gasteiger partial charge in [-0.3, -0.25) is 14.4 Å². The van der Waals surface area contributed by atoms with Crippen LogP contribution < -0.4 is 4.74 Å². The molecular weight excluding hydrogens is 416 g/mol. The second-order valence-corrected chi connectivity index (χ2v) is 7.43. The van der Waals surface area contributed by atoms with Crippen LogP contribution in [0.5, 0.6) is 5.75 Å². The van der Waals surface area contributed by atoms with Crippen molar-refractivity contribution < 1.29 is 38.1 Å². The molecule has 170 valence electrons. The molecule has 0 aliphatic carbocycles. The normalized spacial score (nSPS) is 22.5. The Morgan fingerprint density at radius 3 is 2.09 bits per heavy atom. The molecule has 2 aromatic rings. The molecule has 0 saturated carbocycles. The van der Waals surface area contributed by atoms with Crippen LogP contribution in [-0.2, 0) is 39.8 Å². The molecule has 2 aromatic carbocycles. The minimum Gasteiger partial charge on any atom is -0.461 e. The molecule has 0 unspecified atom stereocenters. The minimum absolute atomic E-state index is 0.0936. The highest BCUT2D eigenvalue weighted by Crippen LogP contribution is 2.27. The molecule has 32 heavy (non-hydrogen) atoms. The molecule has 0 N–H and O–H groups in total. The average molecular weight is 442 g/mol. The highest BCUT2D eigenvalue weighted by molar-refractivity contribution is 5.68. The second-order valence-electron chi connectivity index (χ2n) is 7.43. The van der Waals surface area contributed by atoms with E-state index >= 15 is 0 Å². The van der Waals surface area contributed by atoms with Gasteiger partial charge in [0.25, 0.3) is 0 Å². The van der Waals surface area contributed by atoms with E-state index in [0.717, 1.165) is 11.1 Å². The van der Waals surface area contributed by atoms with Gasteiger partial charge in [-0.1, -0.05) is 42.5 Å². The van der Waals surface area contributed by atoms with Crippen molar-refractivity contribution in [3.63, 3.8) is 0 Å². The molecule has 1 heterocycles. The van der Waals surface area contributed by atoms with E-state index in [0.29, 0.717) is 12.2 Å². The molecule has 0 amide bonds. The molecule has 1 aliphatic rings. The first-order valence-corrected chi connectivity index (χ1v) is 10.2. The van der Waals surface area contributed by atoms with E-state index in [-0.39, 0.29) is 6.61 Å². The standard InChI is InChI=1S/C24H26O8/c1-15(25)29-21-14-28-24(23(31-17(3)27)22(21)30-16(2)26)32-20-11-7-10-19(13-20)12-18-8-5-4-6-9-18/h4-11,13,21-24H,12,14H2,1-3H3/t21-,22+,23-,24+/m1/s1. The number of rotatable bonds is 7. The smallest absolute Gasteiger partial charge is 0.303 e. The van der Waals surface area contributed by atoms with Crippen LogP contribution >= 0.6 is 0 Å². The first kappa shape index (κ1) is 23.3. The number of carbonyl (C=O) groups excluding carboxylic acids is 3. The van der Waals surface area contributed by atoms with E-state index < -0.39 is 42.5 Å². The Bertz CT molecular complexity index is 942. The molecule has 0 aromatic heterocycles. The fraction of sp³-hybridized carbons (Fsp3) is 0.375. The summed E-state index contributed by atoms with van der Waals surface area (Å²) in [6.45, 7) is 3.57. The fourth-order valence-corrected chi connectivity index (χ4v) is 3.50. The van der Waals surface area contributed by atoms with Crippen LogP contribution in [0.4, 0.5) is 0 Å². The van der Waals surface area contributed by atoms with Crippen molar-refractivity contribution in [2.75, 3.05) is 6.61 Å². The largest absolute Gasteiger partial charge is 0.461 e. The molecule has 0 bridgehead atoms. The molecule has 0 spiro atoms. The summed E-state index contributed by atoms with van der Waals surface area (Å²) in [6.07, 6.45) is -3.51. The topological polar surface area (TPSA) is 97.4 Å². The third-order valence-corrected chi connectivity index (χ3v) is 4.71. The van der Waals surface area contributed by atoms with Crippen molar-refractivity contribution in [2.24, 2.45) is 0 Å². The molecule has 4 atom stereocenters. The molecule has 3 rings (SSSR count). The summed E-state index contributed by atoms with van der Waals surface area (Å²) in [4.78, 5) is 34.9. The monoisotopic (exact) mass is 442 g/mol. The summed E-state index contributed by atoms with van der Waals surface area (Å²) in [6, 6.07) is 17.4. The summed E-state index contributed by atoms with van der Waals surface area (Å²) in [7, 11) is 0. The summed E-state index contributed by atoms with van der Waals surface area (Å²) in [5, 5.41) is 0. The van der Waals surface area contributed by atoms with Gasteiger partial charge in [-0.2, -0.15) is 0 Å². The Morgan fingerprint density at radius 1 is 0.812 bits per heavy atom. The molecule has 8 nitrogen and oxygen atoms in total. The third-order valence-electron chi connectivity index (χ3n) is 4.71. The Labute approximate surface area is 186 Å². The number of benzene rings is 2. The van der Waals surface area contributed by atoms with Crippen molar-refractivity contribution in [3.05, 3.63) is 65.7 Å². The van der Waals surface area contributed by atoms with E-state index in [9.17, 15) is 14.4 Å². The Morgan fingerprint density at radius 2 is 1.44 bits per heavy atom. The number of hydrogen-bond donors (Lipinski definition) is 0. The lowest BCUT2D eigenvalue weighted by molar-refractivity contribution is -0.259. The number of hydrogen-bond acceptors (Lipinski definition) is 8. The molecule has 0 radical (unpaired) electrons. The van der Waals surface area contributed by atoms with Crippen molar-refractivity contribution in [1.82, 2.24) is 0 Å². The van der Waals surface area contributed by atoms with E-state index in [4.69, 9.17) is 23.7 Å². The minimum atomic E-state index is -1.13. The zero-order valence-electron chi connectivity index (χ0n) is 18.2. The molecule has 1 saturated heterocycles. The van der Waals surface area contributed by atoms with Crippen LogP contribution in [0.2, 0.25) is 0 Å². The van der Waals surface area contributed by atoms with E-state index in [1.165, 1.54) is 20.8 Å². The van der Waals surface area contributed by atoms with Crippen LogP contribution in [0.1, 0.15) is 31.9 Å². The first-order chi connectivity index (χ1) is 15.3. The van der Waals surface area contributed by atoms with Crippen molar-refractivity contribution in [2.45, 2.75) is 51.8 Å². The van der Waals surface area contributed by atoms with Crippen molar-refractivity contribution >= 4 is 17.9 Å². The van der Waals surface area contributed by atoms with Gasteiger partial charge in [0, 0.05) is 20.8 Å². The fourth-order valence-electron chi connectivity index (χ4n) is 3.50. The van der Waals surface area contributed by atoms with Crippen molar-refractivity contribution in [1.29, 1.82) is 0 Å². The second kappa shape index (κ2) is 10.8. The van der Waals surface area contributed by atoms with Gasteiger partial charge in [-0.25, -0.2) is 0 Å². The third kappa shape index (κ3) is 6.55. The summed E-state index contributed by atoms with van der Waals surface area (Å²) in [5.74, 6) is -1.32. The van der Waals surface area contributed by atoms with E-state index in [2.05, 4.69) is 0 Å². The predicted octanol–water partition coefficient (Wildman–Crippen LogP) is 2.81. The van der Waals surface area contributed by atoms with Gasteiger partial charge >= 0.3 is 17.9 Å². The van der Waals surface area contributed by atoms with Gasteiger partial charge in [0.1, 0.15) is 5.75 Å². The summed E-state index contributed by atoms with van der Waals surface area (Å²) < 4.78 is 27.6. The van der Waals surface area contributed by atoms with Gasteiger partial charge < -0.3 is 23.7 Å². The van der Waals surface area contributed by atoms with Gasteiger partial charge in [-0.05, 0) is 29.7 Å².